The molecule has 56 heavy (non-hydrogen) atoms. The summed E-state index contributed by atoms with van der Waals surface area (Å²) in [7, 11) is 0. The molecule has 5 saturated heterocycles. The molecule has 4 saturated carbocycles. The summed E-state index contributed by atoms with van der Waals surface area (Å²) in [6.45, 7) is 0. The van der Waals surface area contributed by atoms with E-state index in [0.717, 1.165) is 51.4 Å². The Morgan fingerprint density at radius 2 is 0.625 bits per heavy atom. The molecule has 310 valence electrons. The average molecular weight is 807 g/mol. The third-order valence-corrected chi connectivity index (χ3v) is 16.3. The molecule has 9 aliphatic rings. The quantitative estimate of drug-likeness (QED) is 0.154. The van der Waals surface area contributed by atoms with Gasteiger partial charge in [-0.25, -0.2) is 0 Å². The third kappa shape index (κ3) is 6.24. The van der Waals surface area contributed by atoms with Gasteiger partial charge in [-0.3, -0.25) is 66.5 Å². The van der Waals surface area contributed by atoms with Crippen molar-refractivity contribution in [2.24, 2.45) is 76.9 Å². The van der Waals surface area contributed by atoms with E-state index >= 15 is 0 Å². The molecule has 18 nitrogen and oxygen atoms in total. The van der Waals surface area contributed by atoms with Gasteiger partial charge in [0.2, 0.25) is 0 Å². The van der Waals surface area contributed by atoms with Gasteiger partial charge in [-0.2, -0.15) is 0 Å². The van der Waals surface area contributed by atoms with Crippen molar-refractivity contribution in [1.82, 2.24) is 42.5 Å². The van der Waals surface area contributed by atoms with Gasteiger partial charge in [0, 0.05) is 23.1 Å². The molecule has 5 aliphatic heterocycles. The van der Waals surface area contributed by atoms with E-state index in [1.165, 1.54) is 0 Å². The summed E-state index contributed by atoms with van der Waals surface area (Å²) in [6, 6.07) is 0. The molecule has 9 fully saturated rings. The number of halogens is 1. The first-order chi connectivity index (χ1) is 26.8. The van der Waals surface area contributed by atoms with Gasteiger partial charge < -0.3 is 25.5 Å². The first kappa shape index (κ1) is 38.8. The van der Waals surface area contributed by atoms with Gasteiger partial charge in [-0.15, -0.1) is 11.6 Å². The Kier molecular flexibility index (Phi) is 10.3. The van der Waals surface area contributed by atoms with Gasteiger partial charge in [0.15, 0.2) is 0 Å². The summed E-state index contributed by atoms with van der Waals surface area (Å²) in [5.41, 5.74) is 0. The van der Waals surface area contributed by atoms with Crippen LogP contribution in [-0.2, 0) is 24.0 Å². The third-order valence-electron chi connectivity index (χ3n) is 15.9. The van der Waals surface area contributed by atoms with Crippen LogP contribution in [0.5, 0.6) is 0 Å². The lowest BCUT2D eigenvalue weighted by Gasteiger charge is -2.46. The lowest BCUT2D eigenvalue weighted by molar-refractivity contribution is -0.182. The zero-order valence-corrected chi connectivity index (χ0v) is 31.7. The van der Waals surface area contributed by atoms with Crippen LogP contribution in [0.2, 0.25) is 0 Å². The minimum Gasteiger partial charge on any atom is -0.481 e. The second kappa shape index (κ2) is 14.9. The fraction of sp³-hybridized carbons (Fsp3) is 0.865. The molecule has 4 aliphatic carbocycles. The van der Waals surface area contributed by atoms with Gasteiger partial charge in [-0.1, -0.05) is 25.7 Å². The van der Waals surface area contributed by atoms with Crippen molar-refractivity contribution < 1.29 is 49.5 Å². The predicted octanol–water partition coefficient (Wildman–Crippen LogP) is -0.624. The molecule has 22 atom stereocenters. The molecule has 0 aromatic heterocycles. The SMILES string of the molecule is O=C(O)C1C(C(=O)O)C(C(=O)O)C2C3NC4NC(NC5NC(NC6NC(NC(N3)C2C1C(=O)O)C1CCCCC61)C1CCCCC51)C1CCC(Cl)C(C(=O)O)C41. The fourth-order valence-corrected chi connectivity index (χ4v) is 14.2. The number of carbonyl (C=O) groups is 5. The van der Waals surface area contributed by atoms with Crippen molar-refractivity contribution in [1.29, 1.82) is 0 Å². The molecule has 0 amide bonds. The number of fused-ring (bicyclic) bond motifs is 20. The molecular formula is C37H55ClN8O10. The zero-order valence-electron chi connectivity index (χ0n) is 30.9. The standard InChI is InChI=1S/C37H55ClN8O10/c38-16-10-9-15-17(18(16)33(47)48)30-44-29(15)42-27-12-6-2-1-5-11(12)25(40-27)39-26-13-7-3-4-8-14(13)28(41-26)43-31-19-20(32(45-30)46-31)22(35(51)52)24(37(55)56)23(36(53)54)21(19)34(49)50/h11-32,39-46H,1-10H2,(H,47,48)(H,49,50)(H,51,52)(H,53,54)(H,55,56). The van der Waals surface area contributed by atoms with E-state index in [-0.39, 0.29) is 48.6 Å². The van der Waals surface area contributed by atoms with E-state index in [0.29, 0.717) is 24.7 Å². The van der Waals surface area contributed by atoms with Crippen LogP contribution in [0.25, 0.3) is 0 Å². The number of rotatable bonds is 5. The highest BCUT2D eigenvalue weighted by atomic mass is 35.5. The van der Waals surface area contributed by atoms with Crippen molar-refractivity contribution in [2.75, 3.05) is 0 Å². The van der Waals surface area contributed by atoms with Crippen LogP contribution in [0.15, 0.2) is 0 Å². The maximum Gasteiger partial charge on any atom is 0.308 e. The molecular weight excluding hydrogens is 752 g/mol. The Morgan fingerprint density at radius 1 is 0.339 bits per heavy atom. The Balaban J connectivity index is 1.16. The van der Waals surface area contributed by atoms with Crippen LogP contribution in [-0.4, -0.2) is 110 Å². The average Bonchev–Trinajstić information content (AvgIpc) is 3.89. The largest absolute Gasteiger partial charge is 0.481 e. The van der Waals surface area contributed by atoms with Gasteiger partial charge in [-0.05, 0) is 68.1 Å². The lowest BCUT2D eigenvalue weighted by Crippen LogP contribution is -2.62. The van der Waals surface area contributed by atoms with Crippen LogP contribution >= 0.6 is 11.6 Å². The Bertz CT molecular complexity index is 1610. The van der Waals surface area contributed by atoms with Crippen molar-refractivity contribution in [3.8, 4) is 0 Å². The highest BCUT2D eigenvalue weighted by Crippen LogP contribution is 2.53. The summed E-state index contributed by atoms with van der Waals surface area (Å²) in [5.74, 6) is -18.2. The van der Waals surface area contributed by atoms with Crippen LogP contribution in [0.3, 0.4) is 0 Å². The first-order valence-corrected chi connectivity index (χ1v) is 21.1. The molecule has 0 radical (unpaired) electrons. The van der Waals surface area contributed by atoms with Crippen molar-refractivity contribution in [3.63, 3.8) is 0 Å². The maximum atomic E-state index is 13.3. The number of hydrogen-bond donors (Lipinski definition) is 13. The number of carboxylic acids is 5. The monoisotopic (exact) mass is 806 g/mol. The molecule has 22 unspecified atom stereocenters. The smallest absolute Gasteiger partial charge is 0.308 e. The maximum absolute atomic E-state index is 13.3. The van der Waals surface area contributed by atoms with Crippen LogP contribution in [0, 0.1) is 76.9 Å². The van der Waals surface area contributed by atoms with E-state index < -0.39 is 101 Å². The number of carboxylic acid groups (broad SMARTS) is 5. The summed E-state index contributed by atoms with van der Waals surface area (Å²) >= 11 is 6.79. The fourth-order valence-electron chi connectivity index (χ4n) is 13.8. The lowest BCUT2D eigenvalue weighted by atomic mass is 9.56. The normalized spacial score (nSPS) is 52.2. The van der Waals surface area contributed by atoms with Gasteiger partial charge >= 0.3 is 29.8 Å². The molecule has 0 aromatic rings. The Morgan fingerprint density at radius 3 is 0.964 bits per heavy atom. The molecule has 9 rings (SSSR count). The van der Waals surface area contributed by atoms with Crippen LogP contribution in [0.1, 0.15) is 64.2 Å². The number of nitrogens with one attached hydrogen (secondary N) is 8. The van der Waals surface area contributed by atoms with Gasteiger partial charge in [0.05, 0.1) is 78.9 Å². The first-order valence-electron chi connectivity index (χ1n) is 20.7. The number of alkyl halides is 1. The van der Waals surface area contributed by atoms with E-state index in [9.17, 15) is 49.5 Å². The van der Waals surface area contributed by atoms with E-state index in [1.54, 1.807) is 0 Å². The van der Waals surface area contributed by atoms with Crippen molar-refractivity contribution in [2.45, 2.75) is 119 Å². The number of aliphatic carboxylic acids is 5. The Hall–Kier alpha value is -2.68. The topological polar surface area (TPSA) is 283 Å². The summed E-state index contributed by atoms with van der Waals surface area (Å²) < 4.78 is 0. The van der Waals surface area contributed by atoms with Gasteiger partial charge in [0.1, 0.15) is 0 Å². The molecule has 13 N–H and O–H groups in total. The van der Waals surface area contributed by atoms with Crippen LogP contribution < -0.4 is 42.5 Å². The number of hydrogen-bond acceptors (Lipinski definition) is 13. The minimum absolute atomic E-state index is 0.00490. The molecule has 19 heteroatoms. The predicted molar refractivity (Wildman–Crippen MR) is 195 cm³/mol. The summed E-state index contributed by atoms with van der Waals surface area (Å²) in [5, 5.41) is 82.1. The van der Waals surface area contributed by atoms with Crippen molar-refractivity contribution in [3.05, 3.63) is 0 Å². The summed E-state index contributed by atoms with van der Waals surface area (Å²) in [6.07, 6.45) is 5.75. The molecule has 0 aromatic carbocycles. The highest BCUT2D eigenvalue weighted by molar-refractivity contribution is 6.22. The zero-order chi connectivity index (χ0) is 39.3. The summed E-state index contributed by atoms with van der Waals surface area (Å²) in [4.78, 5) is 65.3. The van der Waals surface area contributed by atoms with E-state index in [2.05, 4.69) is 42.5 Å². The minimum atomic E-state index is -2.05. The molecule has 8 bridgehead atoms. The van der Waals surface area contributed by atoms with Gasteiger partial charge in [0.25, 0.3) is 0 Å². The van der Waals surface area contributed by atoms with E-state index in [4.69, 9.17) is 11.6 Å². The second-order valence-electron chi connectivity index (χ2n) is 18.2. The molecule has 5 heterocycles. The van der Waals surface area contributed by atoms with E-state index in [1.807, 2.05) is 0 Å². The molecule has 0 spiro atoms. The second-order valence-corrected chi connectivity index (χ2v) is 18.7. The highest BCUT2D eigenvalue weighted by Gasteiger charge is 2.67. The Labute approximate surface area is 328 Å². The van der Waals surface area contributed by atoms with Crippen LogP contribution in [0.4, 0.5) is 0 Å². The van der Waals surface area contributed by atoms with Crippen molar-refractivity contribution >= 4 is 41.4 Å².